The molecule has 20 heavy (non-hydrogen) atoms. The molecular formula is C17H36F2O. The van der Waals surface area contributed by atoms with Crippen molar-refractivity contribution in [2.24, 2.45) is 5.41 Å². The Kier molecular flexibility index (Phi) is 13.9. The third-order valence-corrected chi connectivity index (χ3v) is 3.69. The second-order valence-electron chi connectivity index (χ2n) is 5.42. The molecule has 0 saturated heterocycles. The van der Waals surface area contributed by atoms with Crippen LogP contribution in [-0.4, -0.2) is 19.6 Å². The van der Waals surface area contributed by atoms with E-state index in [0.717, 1.165) is 26.4 Å². The molecule has 1 fully saturated rings. The fraction of sp³-hybridized carbons (Fsp3) is 1.00. The Balaban J connectivity index is 0. The van der Waals surface area contributed by atoms with Gasteiger partial charge in [0, 0.05) is 13.5 Å². The van der Waals surface area contributed by atoms with E-state index in [4.69, 9.17) is 4.74 Å². The van der Waals surface area contributed by atoms with Crippen molar-refractivity contribution < 1.29 is 13.5 Å². The summed E-state index contributed by atoms with van der Waals surface area (Å²) in [5.74, 6) is -2.50. The van der Waals surface area contributed by atoms with Gasteiger partial charge in [0.15, 0.2) is 0 Å². The highest BCUT2D eigenvalue weighted by Crippen LogP contribution is 2.42. The second kappa shape index (κ2) is 12.6. The van der Waals surface area contributed by atoms with Gasteiger partial charge in [0.25, 0.3) is 0 Å². The van der Waals surface area contributed by atoms with Crippen LogP contribution in [-0.2, 0) is 4.74 Å². The van der Waals surface area contributed by atoms with Gasteiger partial charge < -0.3 is 4.74 Å². The molecule has 0 amide bonds. The first-order valence-electron chi connectivity index (χ1n) is 8.34. The molecular weight excluding hydrogens is 258 g/mol. The lowest BCUT2D eigenvalue weighted by atomic mass is 9.81. The van der Waals surface area contributed by atoms with Gasteiger partial charge in [-0.25, -0.2) is 8.78 Å². The van der Waals surface area contributed by atoms with E-state index < -0.39 is 5.92 Å². The van der Waals surface area contributed by atoms with Crippen molar-refractivity contribution in [2.45, 2.75) is 91.9 Å². The number of rotatable bonds is 7. The van der Waals surface area contributed by atoms with Crippen molar-refractivity contribution in [1.82, 2.24) is 0 Å². The van der Waals surface area contributed by atoms with E-state index in [1.54, 1.807) is 7.11 Å². The Morgan fingerprint density at radius 2 is 1.50 bits per heavy atom. The topological polar surface area (TPSA) is 9.23 Å². The van der Waals surface area contributed by atoms with Crippen LogP contribution in [0.3, 0.4) is 0 Å². The third kappa shape index (κ3) is 10.6. The normalized spacial score (nSPS) is 16.8. The summed E-state index contributed by atoms with van der Waals surface area (Å²) in [5.41, 5.74) is 0.303. The van der Waals surface area contributed by atoms with Crippen LogP contribution in [0.25, 0.3) is 0 Å². The molecule has 0 spiro atoms. The quantitative estimate of drug-likeness (QED) is 0.489. The van der Waals surface area contributed by atoms with Gasteiger partial charge in [0.2, 0.25) is 5.92 Å². The van der Waals surface area contributed by atoms with Gasteiger partial charge in [-0.15, -0.1) is 0 Å². The molecule has 1 saturated carbocycles. The average Bonchev–Trinajstić information content (AvgIpc) is 2.88. The number of hydrogen-bond acceptors (Lipinski definition) is 1. The van der Waals surface area contributed by atoms with Crippen LogP contribution in [0, 0.1) is 5.41 Å². The van der Waals surface area contributed by atoms with Crippen molar-refractivity contribution in [1.29, 1.82) is 0 Å². The van der Waals surface area contributed by atoms with Gasteiger partial charge in [0.1, 0.15) is 0 Å². The predicted molar refractivity (Wildman–Crippen MR) is 84.6 cm³/mol. The Morgan fingerprint density at radius 3 is 1.90 bits per heavy atom. The van der Waals surface area contributed by atoms with E-state index in [9.17, 15) is 8.78 Å². The summed E-state index contributed by atoms with van der Waals surface area (Å²) in [6.07, 6.45) is 7.59. The lowest BCUT2D eigenvalue weighted by molar-refractivity contribution is 0.00823. The molecule has 1 rings (SSSR count). The summed E-state index contributed by atoms with van der Waals surface area (Å²) < 4.78 is 30.6. The molecule has 0 aromatic carbocycles. The zero-order chi connectivity index (χ0) is 16.1. The standard InChI is InChI=1S/C13H24F2O.2C2H6/c1-12(14,15)7-3-4-8-13(11-16-2)9-5-6-10-13;2*1-2/h3-11H2,1-2H3;2*1-2H3. The Labute approximate surface area is 125 Å². The highest BCUT2D eigenvalue weighted by molar-refractivity contribution is 4.84. The smallest absolute Gasteiger partial charge is 0.245 e. The van der Waals surface area contributed by atoms with Gasteiger partial charge in [-0.2, -0.15) is 0 Å². The summed E-state index contributed by atoms with van der Waals surface area (Å²) in [6, 6.07) is 0. The molecule has 1 aliphatic rings. The fourth-order valence-electron chi connectivity index (χ4n) is 2.83. The number of ether oxygens (including phenoxy) is 1. The SMILES string of the molecule is CC.CC.COCC1(CCCCC(C)(F)F)CCCC1. The summed E-state index contributed by atoms with van der Waals surface area (Å²) in [6.45, 7) is 9.81. The van der Waals surface area contributed by atoms with E-state index in [2.05, 4.69) is 0 Å². The predicted octanol–water partition coefficient (Wildman–Crippen LogP) is 6.46. The van der Waals surface area contributed by atoms with E-state index in [1.165, 1.54) is 25.7 Å². The van der Waals surface area contributed by atoms with Crippen LogP contribution >= 0.6 is 0 Å². The summed E-state index contributed by atoms with van der Waals surface area (Å²) >= 11 is 0. The summed E-state index contributed by atoms with van der Waals surface area (Å²) in [5, 5.41) is 0. The molecule has 1 nitrogen and oxygen atoms in total. The fourth-order valence-corrected chi connectivity index (χ4v) is 2.83. The molecule has 0 heterocycles. The maximum Gasteiger partial charge on any atom is 0.245 e. The van der Waals surface area contributed by atoms with Crippen molar-refractivity contribution in [3.63, 3.8) is 0 Å². The van der Waals surface area contributed by atoms with Gasteiger partial charge in [-0.3, -0.25) is 0 Å². The third-order valence-electron chi connectivity index (χ3n) is 3.69. The van der Waals surface area contributed by atoms with Crippen LogP contribution in [0.4, 0.5) is 8.78 Å². The summed E-state index contributed by atoms with van der Waals surface area (Å²) in [7, 11) is 1.74. The van der Waals surface area contributed by atoms with Crippen LogP contribution in [0.2, 0.25) is 0 Å². The summed E-state index contributed by atoms with van der Waals surface area (Å²) in [4.78, 5) is 0. The number of hydrogen-bond donors (Lipinski definition) is 0. The Hall–Kier alpha value is -0.180. The van der Waals surface area contributed by atoms with Crippen molar-refractivity contribution in [3.05, 3.63) is 0 Å². The van der Waals surface area contributed by atoms with Gasteiger partial charge in [-0.05, 0) is 38.0 Å². The zero-order valence-corrected chi connectivity index (χ0v) is 14.5. The van der Waals surface area contributed by atoms with Gasteiger partial charge in [-0.1, -0.05) is 47.0 Å². The van der Waals surface area contributed by atoms with E-state index in [1.807, 2.05) is 27.7 Å². The lowest BCUT2D eigenvalue weighted by Gasteiger charge is -2.28. The van der Waals surface area contributed by atoms with Crippen LogP contribution < -0.4 is 0 Å². The minimum atomic E-state index is -2.50. The molecule has 0 bridgehead atoms. The number of halogens is 2. The maximum absolute atomic E-state index is 12.6. The van der Waals surface area contributed by atoms with Crippen molar-refractivity contribution in [3.8, 4) is 0 Å². The van der Waals surface area contributed by atoms with E-state index in [-0.39, 0.29) is 6.42 Å². The van der Waals surface area contributed by atoms with E-state index >= 15 is 0 Å². The van der Waals surface area contributed by atoms with Crippen molar-refractivity contribution in [2.75, 3.05) is 13.7 Å². The Morgan fingerprint density at radius 1 is 1.00 bits per heavy atom. The monoisotopic (exact) mass is 294 g/mol. The van der Waals surface area contributed by atoms with E-state index in [0.29, 0.717) is 11.8 Å². The molecule has 0 radical (unpaired) electrons. The molecule has 0 atom stereocenters. The first-order chi connectivity index (χ1) is 9.47. The lowest BCUT2D eigenvalue weighted by Crippen LogP contribution is -2.23. The number of unbranched alkanes of at least 4 members (excludes halogenated alkanes) is 1. The second-order valence-corrected chi connectivity index (χ2v) is 5.42. The first-order valence-corrected chi connectivity index (χ1v) is 8.34. The molecule has 0 aromatic heterocycles. The van der Waals surface area contributed by atoms with Crippen LogP contribution in [0.1, 0.15) is 86.0 Å². The minimum Gasteiger partial charge on any atom is -0.384 e. The molecule has 0 aliphatic heterocycles. The molecule has 0 unspecified atom stereocenters. The number of alkyl halides is 2. The molecule has 0 N–H and O–H groups in total. The Bertz CT molecular complexity index is 194. The van der Waals surface area contributed by atoms with Crippen molar-refractivity contribution >= 4 is 0 Å². The highest BCUT2D eigenvalue weighted by atomic mass is 19.3. The largest absolute Gasteiger partial charge is 0.384 e. The zero-order valence-electron chi connectivity index (χ0n) is 14.5. The minimum absolute atomic E-state index is 0.0239. The van der Waals surface area contributed by atoms with Gasteiger partial charge >= 0.3 is 0 Å². The molecule has 1 aliphatic carbocycles. The van der Waals surface area contributed by atoms with Gasteiger partial charge in [0.05, 0.1) is 6.61 Å². The first kappa shape index (κ1) is 22.1. The molecule has 124 valence electrons. The average molecular weight is 294 g/mol. The number of methoxy groups -OCH3 is 1. The molecule has 3 heteroatoms. The maximum atomic E-state index is 12.6. The van der Waals surface area contributed by atoms with Crippen LogP contribution in [0.15, 0.2) is 0 Å². The molecule has 0 aromatic rings. The van der Waals surface area contributed by atoms with Crippen LogP contribution in [0.5, 0.6) is 0 Å². The highest BCUT2D eigenvalue weighted by Gasteiger charge is 2.33.